The molecule has 0 radical (unpaired) electrons. The van der Waals surface area contributed by atoms with Crippen LogP contribution in [0.15, 0.2) is 42.8 Å². The van der Waals surface area contributed by atoms with Crippen molar-refractivity contribution in [3.05, 3.63) is 48.4 Å². The Morgan fingerprint density at radius 2 is 2.16 bits per heavy atom. The number of fused-ring (bicyclic) bond motifs is 1. The van der Waals surface area contributed by atoms with Gasteiger partial charge in [0.1, 0.15) is 5.76 Å². The maximum absolute atomic E-state index is 11.4. The Labute approximate surface area is 109 Å². The predicted octanol–water partition coefficient (Wildman–Crippen LogP) is 1.06. The Morgan fingerprint density at radius 3 is 3.00 bits per heavy atom. The lowest BCUT2D eigenvalue weighted by Crippen LogP contribution is -2.50. The third-order valence-electron chi connectivity index (χ3n) is 3.29. The summed E-state index contributed by atoms with van der Waals surface area (Å²) in [5, 5.41) is 13.1. The fourth-order valence-corrected chi connectivity index (χ4v) is 2.29. The van der Waals surface area contributed by atoms with Crippen LogP contribution < -0.4 is 5.32 Å². The second-order valence-electron chi connectivity index (χ2n) is 4.56. The number of rotatable bonds is 2. The van der Waals surface area contributed by atoms with Gasteiger partial charge in [0.25, 0.3) is 12.2 Å². The Bertz CT molecular complexity index is 647. The first-order chi connectivity index (χ1) is 9.15. The second-order valence-corrected chi connectivity index (χ2v) is 4.56. The predicted molar refractivity (Wildman–Crippen MR) is 70.2 cm³/mol. The van der Waals surface area contributed by atoms with Crippen LogP contribution in [-0.4, -0.2) is 28.3 Å². The van der Waals surface area contributed by atoms with Crippen LogP contribution in [0.5, 0.6) is 0 Å². The number of hydrogen-bond donors (Lipinski definition) is 3. The molecule has 2 aromatic rings. The van der Waals surface area contributed by atoms with E-state index in [0.717, 1.165) is 16.5 Å². The van der Waals surface area contributed by atoms with Gasteiger partial charge in [-0.3, -0.25) is 4.79 Å². The van der Waals surface area contributed by atoms with Crippen molar-refractivity contribution in [1.29, 1.82) is 0 Å². The molecule has 3 N–H and O–H groups in total. The van der Waals surface area contributed by atoms with Gasteiger partial charge in [0.05, 0.1) is 6.04 Å². The highest BCUT2D eigenvalue weighted by Crippen LogP contribution is 2.22. The minimum absolute atomic E-state index is 0.324. The topological polar surface area (TPSA) is 74.3 Å². The number of carbonyl (C=O) groups excluding carboxylic acids is 1. The highest BCUT2D eigenvalue weighted by Gasteiger charge is 2.30. The molecule has 1 aliphatic heterocycles. The SMILES string of the molecule is C=C1OC(O)C(=O)NC1Cc1c[nH]c2ccccc12. The molecule has 5 heteroatoms. The number of aromatic nitrogens is 1. The lowest BCUT2D eigenvalue weighted by Gasteiger charge is -2.29. The van der Waals surface area contributed by atoms with E-state index in [1.54, 1.807) is 0 Å². The largest absolute Gasteiger partial charge is 0.458 e. The smallest absolute Gasteiger partial charge is 0.290 e. The van der Waals surface area contributed by atoms with Crippen LogP contribution in [0.25, 0.3) is 10.9 Å². The summed E-state index contributed by atoms with van der Waals surface area (Å²) in [6.07, 6.45) is 1.03. The van der Waals surface area contributed by atoms with Gasteiger partial charge < -0.3 is 20.1 Å². The van der Waals surface area contributed by atoms with Crippen molar-refractivity contribution in [3.63, 3.8) is 0 Å². The van der Waals surface area contributed by atoms with E-state index in [-0.39, 0.29) is 6.04 Å². The molecule has 1 amide bonds. The Hall–Kier alpha value is -2.27. The molecule has 2 atom stereocenters. The highest BCUT2D eigenvalue weighted by atomic mass is 16.6. The van der Waals surface area contributed by atoms with Gasteiger partial charge in [0, 0.05) is 23.5 Å². The van der Waals surface area contributed by atoms with Crippen LogP contribution in [0.1, 0.15) is 5.56 Å². The molecule has 0 bridgehead atoms. The molecule has 5 nitrogen and oxygen atoms in total. The summed E-state index contributed by atoms with van der Waals surface area (Å²) in [4.78, 5) is 14.6. The number of amides is 1. The van der Waals surface area contributed by atoms with Crippen LogP contribution in [-0.2, 0) is 16.0 Å². The van der Waals surface area contributed by atoms with E-state index in [1.807, 2.05) is 30.5 Å². The molecule has 19 heavy (non-hydrogen) atoms. The zero-order chi connectivity index (χ0) is 13.4. The van der Waals surface area contributed by atoms with Gasteiger partial charge in [0.2, 0.25) is 0 Å². The van der Waals surface area contributed by atoms with Crippen molar-refractivity contribution in [2.75, 3.05) is 0 Å². The molecule has 0 aliphatic carbocycles. The van der Waals surface area contributed by atoms with Gasteiger partial charge in [-0.05, 0) is 11.6 Å². The number of aliphatic hydroxyl groups is 1. The molecular formula is C14H14N2O3. The van der Waals surface area contributed by atoms with Gasteiger partial charge in [-0.1, -0.05) is 24.8 Å². The van der Waals surface area contributed by atoms with Crippen LogP contribution in [0.3, 0.4) is 0 Å². The summed E-state index contributed by atoms with van der Waals surface area (Å²) >= 11 is 0. The van der Waals surface area contributed by atoms with Gasteiger partial charge >= 0.3 is 0 Å². The van der Waals surface area contributed by atoms with E-state index in [1.165, 1.54) is 0 Å². The molecule has 98 valence electrons. The van der Waals surface area contributed by atoms with Gasteiger partial charge in [-0.15, -0.1) is 0 Å². The molecule has 1 saturated heterocycles. The molecule has 1 aliphatic rings. The van der Waals surface area contributed by atoms with Crippen LogP contribution in [0, 0.1) is 0 Å². The van der Waals surface area contributed by atoms with Gasteiger partial charge in [-0.2, -0.15) is 0 Å². The lowest BCUT2D eigenvalue weighted by atomic mass is 10.0. The summed E-state index contributed by atoms with van der Waals surface area (Å²) < 4.78 is 5.01. The number of aromatic amines is 1. The number of aliphatic hydroxyl groups excluding tert-OH is 1. The molecule has 0 spiro atoms. The van der Waals surface area contributed by atoms with Gasteiger partial charge in [-0.25, -0.2) is 0 Å². The average molecular weight is 258 g/mol. The van der Waals surface area contributed by atoms with Crippen molar-refractivity contribution in [2.45, 2.75) is 18.8 Å². The number of morpholine rings is 1. The molecule has 1 aromatic carbocycles. The molecule has 1 fully saturated rings. The van der Waals surface area contributed by atoms with Crippen molar-refractivity contribution < 1.29 is 14.6 Å². The summed E-state index contributed by atoms with van der Waals surface area (Å²) in [7, 11) is 0. The molecule has 0 saturated carbocycles. The van der Waals surface area contributed by atoms with E-state index in [2.05, 4.69) is 16.9 Å². The number of carbonyl (C=O) groups is 1. The first kappa shape index (κ1) is 11.8. The van der Waals surface area contributed by atoms with Crippen LogP contribution >= 0.6 is 0 Å². The highest BCUT2D eigenvalue weighted by molar-refractivity contribution is 5.84. The van der Waals surface area contributed by atoms with Crippen molar-refractivity contribution in [1.82, 2.24) is 10.3 Å². The fourth-order valence-electron chi connectivity index (χ4n) is 2.29. The van der Waals surface area contributed by atoms with E-state index in [9.17, 15) is 9.90 Å². The summed E-state index contributed by atoms with van der Waals surface area (Å²) in [5.74, 6) is -0.158. The third-order valence-corrected chi connectivity index (χ3v) is 3.29. The van der Waals surface area contributed by atoms with Crippen LogP contribution in [0.4, 0.5) is 0 Å². The maximum atomic E-state index is 11.4. The van der Waals surface area contributed by atoms with Crippen molar-refractivity contribution in [2.24, 2.45) is 0 Å². The second kappa shape index (κ2) is 4.44. The number of nitrogens with one attached hydrogen (secondary N) is 2. The van der Waals surface area contributed by atoms with E-state index < -0.39 is 12.2 Å². The fraction of sp³-hybridized carbons (Fsp3) is 0.214. The first-order valence-electron chi connectivity index (χ1n) is 6.04. The number of benzene rings is 1. The lowest BCUT2D eigenvalue weighted by molar-refractivity contribution is -0.159. The summed E-state index contributed by atoms with van der Waals surface area (Å²) in [6, 6.07) is 7.62. The molecule has 2 heterocycles. The monoisotopic (exact) mass is 258 g/mol. The normalized spacial score (nSPS) is 23.2. The first-order valence-corrected chi connectivity index (χ1v) is 6.04. The number of hydrogen-bond acceptors (Lipinski definition) is 3. The molecular weight excluding hydrogens is 244 g/mol. The summed E-state index contributed by atoms with van der Waals surface area (Å²) in [6.45, 7) is 3.73. The Kier molecular flexibility index (Phi) is 2.76. The zero-order valence-electron chi connectivity index (χ0n) is 10.2. The van der Waals surface area contributed by atoms with Crippen molar-refractivity contribution >= 4 is 16.8 Å². The van der Waals surface area contributed by atoms with E-state index in [0.29, 0.717) is 12.2 Å². The minimum atomic E-state index is -1.45. The average Bonchev–Trinajstić information content (AvgIpc) is 2.80. The van der Waals surface area contributed by atoms with E-state index in [4.69, 9.17) is 4.74 Å². The van der Waals surface area contributed by atoms with Crippen molar-refractivity contribution in [3.8, 4) is 0 Å². The summed E-state index contributed by atoms with van der Waals surface area (Å²) in [5.41, 5.74) is 2.12. The number of para-hydroxylation sites is 1. The van der Waals surface area contributed by atoms with Crippen LogP contribution in [0.2, 0.25) is 0 Å². The third kappa shape index (κ3) is 2.08. The maximum Gasteiger partial charge on any atom is 0.290 e. The quantitative estimate of drug-likeness (QED) is 0.754. The molecule has 3 rings (SSSR count). The zero-order valence-corrected chi connectivity index (χ0v) is 10.2. The molecule has 1 aromatic heterocycles. The number of ether oxygens (including phenoxy) is 1. The molecule has 2 unspecified atom stereocenters. The Balaban J connectivity index is 1.85. The van der Waals surface area contributed by atoms with E-state index >= 15 is 0 Å². The minimum Gasteiger partial charge on any atom is -0.458 e. The van der Waals surface area contributed by atoms with Gasteiger partial charge in [0.15, 0.2) is 0 Å². The Morgan fingerprint density at radius 1 is 1.37 bits per heavy atom. The number of H-pyrrole nitrogens is 1. The standard InChI is InChI=1S/C14H14N2O3/c1-8-12(16-13(17)14(18)19-8)6-9-7-15-11-5-3-2-4-10(9)11/h2-5,7,12,14-15,18H,1,6H2,(H,16,17).